The molecule has 8 atom stereocenters. The molecule has 6 N–H and O–H groups in total. The smallest absolute Gasteiger partial charge is 0.407 e. The molecule has 2 aromatic heterocycles. The molecule has 0 fully saturated rings. The van der Waals surface area contributed by atoms with Gasteiger partial charge in [0.1, 0.15) is 11.2 Å². The number of carbonyl (C=O) groups excluding carboxylic acids is 2. The van der Waals surface area contributed by atoms with Crippen LogP contribution in [-0.4, -0.2) is 134 Å². The molecule has 2 heterocycles. The Bertz CT molecular complexity index is 3440. The summed E-state index contributed by atoms with van der Waals surface area (Å²) in [4.78, 5) is 36.6. The number of aromatic nitrogens is 2. The number of aryl methyl sites for hydroxylation is 4. The van der Waals surface area contributed by atoms with Gasteiger partial charge in [-0.15, -0.1) is 0 Å². The highest BCUT2D eigenvalue weighted by Crippen LogP contribution is 2.20. The summed E-state index contributed by atoms with van der Waals surface area (Å²) < 4.78 is 10.6. The van der Waals surface area contributed by atoms with Crippen molar-refractivity contribution in [3.63, 3.8) is 0 Å². The second-order valence-corrected chi connectivity index (χ2v) is 29.0. The third-order valence-corrected chi connectivity index (χ3v) is 17.5. The normalized spacial score (nSPS) is 13.8. The van der Waals surface area contributed by atoms with Gasteiger partial charge in [0.05, 0.1) is 0 Å². The molecule has 2 amide bonds. The lowest BCUT2D eigenvalue weighted by Crippen LogP contribution is -2.41. The zero-order valence-corrected chi connectivity index (χ0v) is 62.4. The summed E-state index contributed by atoms with van der Waals surface area (Å²) in [5.41, 5.74) is 7.27. The Hall–Kier alpha value is -7.56. The number of benzene rings is 6. The number of nitrogens with one attached hydrogen (secondary N) is 6. The van der Waals surface area contributed by atoms with Crippen LogP contribution in [0.1, 0.15) is 161 Å². The first kappa shape index (κ1) is 83.9. The first-order valence-electron chi connectivity index (χ1n) is 35.8. The van der Waals surface area contributed by atoms with Gasteiger partial charge in [-0.25, -0.2) is 9.59 Å². The summed E-state index contributed by atoms with van der Waals surface area (Å²) in [6.45, 7) is 21.6. The summed E-state index contributed by atoms with van der Waals surface area (Å²) in [7, 11) is 12.6. The highest BCUT2D eigenvalue weighted by atomic mass is 16.6. The third kappa shape index (κ3) is 35.9. The van der Waals surface area contributed by atoms with Gasteiger partial charge in [0.2, 0.25) is 0 Å². The minimum Gasteiger partial charge on any atom is -0.444 e. The molecular weight excluding hydrogens is 1230 g/mol. The molecule has 0 spiro atoms. The predicted molar refractivity (Wildman–Crippen MR) is 419 cm³/mol. The lowest BCUT2D eigenvalue weighted by molar-refractivity contribution is 0.0489. The second-order valence-electron chi connectivity index (χ2n) is 29.0. The fraction of sp³-hybridized carbons (Fsp3) is 0.482. The van der Waals surface area contributed by atoms with Crippen molar-refractivity contribution in [1.82, 2.24) is 51.7 Å². The van der Waals surface area contributed by atoms with Gasteiger partial charge in [-0.05, 0) is 257 Å². The van der Waals surface area contributed by atoms with E-state index in [0.29, 0.717) is 36.3 Å². The van der Waals surface area contributed by atoms with Crippen LogP contribution in [0.2, 0.25) is 0 Å². The standard InChI is InChI=1S/C24H31N3.C23H29N3.C19H32N2O2.C18H30N2O2.CH4/c1-19(15-24(27(2)3)12-10-20-7-5-4-6-8-20)26-17-21-9-11-23-18-25-14-13-22(23)16-21;1-18(14-23(24-2)11-9-19-6-4-3-5-7-19)26-16-20-8-10-22-17-25-13-12-21(22)15-20;1-15(20-18(22)23-19(2,3)4)14-17(21(5)6)13-12-16-10-8-7-9-11-16;1-14(20-17(21)22-18(2,3)4)13-16(19-5)12-11-15-9-7-6-8-10-15;/h4-9,11,13-14,16,18-19,24,26H,10,12,15,17H2,1-3H3;3-8,10,12-13,15,17-18,23-24,26H,9,11,14,16H2,1-2H3;7-11,15,17H,12-14H2,1-6H3,(H,20,22);6-10,14,16,19H,11-13H2,1-5H3,(H,20,21);1H4/t19-,24?;18-,23?;15-,17?;14-,16?;/m1111./s1. The molecule has 6 aromatic carbocycles. The third-order valence-electron chi connectivity index (χ3n) is 17.5. The average Bonchev–Trinajstić information content (AvgIpc) is 0.857. The SMILES string of the molecule is C.CNC(CCc1ccccc1)C[C@@H](C)NC(=O)OC(C)(C)C.CNC(CCc1ccccc1)C[C@@H](C)NCc1ccc2cnccc2c1.C[C@H](CC(CCc1ccccc1)N(C)C)NC(=O)OC(C)(C)C.C[C@H](CC(CCc1ccccc1)N(C)C)NCc1ccc2cnccc2c1. The zero-order valence-electron chi connectivity index (χ0n) is 62.4. The van der Waals surface area contributed by atoms with E-state index in [-0.39, 0.29) is 31.7 Å². The number of hydrogen-bond acceptors (Lipinski definition) is 12. The first-order valence-corrected chi connectivity index (χ1v) is 35.8. The number of hydrogen-bond donors (Lipinski definition) is 6. The van der Waals surface area contributed by atoms with Crippen molar-refractivity contribution in [1.29, 1.82) is 0 Å². The van der Waals surface area contributed by atoms with Crippen LogP contribution < -0.4 is 31.9 Å². The van der Waals surface area contributed by atoms with Crippen LogP contribution in [-0.2, 0) is 48.2 Å². The molecule has 0 aliphatic heterocycles. The van der Waals surface area contributed by atoms with Gasteiger partial charge in [-0.3, -0.25) is 9.97 Å². The van der Waals surface area contributed by atoms with E-state index in [1.54, 1.807) is 0 Å². The van der Waals surface area contributed by atoms with E-state index in [4.69, 9.17) is 9.47 Å². The molecule has 0 radical (unpaired) electrons. The molecular formula is C85H126N10O4. The number of fused-ring (bicyclic) bond motifs is 2. The van der Waals surface area contributed by atoms with E-state index >= 15 is 0 Å². The van der Waals surface area contributed by atoms with Crippen molar-refractivity contribution in [3.05, 3.63) is 228 Å². The van der Waals surface area contributed by atoms with Crippen molar-refractivity contribution in [2.75, 3.05) is 42.3 Å². The van der Waals surface area contributed by atoms with E-state index in [1.165, 1.54) is 61.3 Å². The van der Waals surface area contributed by atoms with Gasteiger partial charge in [0, 0.05) is 97.0 Å². The topological polar surface area (TPSA) is 157 Å². The maximum atomic E-state index is 11.9. The van der Waals surface area contributed by atoms with Crippen molar-refractivity contribution < 1.29 is 19.1 Å². The molecule has 0 aliphatic rings. The Morgan fingerprint density at radius 3 is 1.05 bits per heavy atom. The number of alkyl carbamates (subject to hydrolysis) is 2. The van der Waals surface area contributed by atoms with E-state index in [1.807, 2.05) is 99.4 Å². The van der Waals surface area contributed by atoms with E-state index < -0.39 is 11.2 Å². The molecule has 8 rings (SSSR count). The summed E-state index contributed by atoms with van der Waals surface area (Å²) in [6, 6.07) is 62.9. The minimum absolute atomic E-state index is 0. The molecule has 0 aliphatic carbocycles. The van der Waals surface area contributed by atoms with Crippen molar-refractivity contribution >= 4 is 33.7 Å². The molecule has 14 nitrogen and oxygen atoms in total. The molecule has 99 heavy (non-hydrogen) atoms. The van der Waals surface area contributed by atoms with Gasteiger partial charge in [-0.1, -0.05) is 153 Å². The fourth-order valence-corrected chi connectivity index (χ4v) is 11.9. The van der Waals surface area contributed by atoms with Gasteiger partial charge in [0.25, 0.3) is 0 Å². The highest BCUT2D eigenvalue weighted by molar-refractivity contribution is 5.82. The van der Waals surface area contributed by atoms with Crippen LogP contribution in [0.25, 0.3) is 21.5 Å². The molecule has 540 valence electrons. The Morgan fingerprint density at radius 2 is 0.717 bits per heavy atom. The van der Waals surface area contributed by atoms with Crippen LogP contribution in [0.15, 0.2) is 195 Å². The number of rotatable bonds is 32. The number of pyridine rings is 2. The van der Waals surface area contributed by atoms with E-state index in [9.17, 15) is 9.59 Å². The lowest BCUT2D eigenvalue weighted by Gasteiger charge is -2.28. The summed E-state index contributed by atoms with van der Waals surface area (Å²) in [6.07, 6.45) is 19.7. The number of carbonyl (C=O) groups is 2. The summed E-state index contributed by atoms with van der Waals surface area (Å²) in [5, 5.41) is 24.9. The average molecular weight is 1350 g/mol. The Morgan fingerprint density at radius 1 is 0.404 bits per heavy atom. The minimum atomic E-state index is -0.460. The monoisotopic (exact) mass is 1350 g/mol. The Balaban J connectivity index is 0.000000280. The largest absolute Gasteiger partial charge is 0.444 e. The van der Waals surface area contributed by atoms with Crippen LogP contribution in [0, 0.1) is 0 Å². The molecule has 0 saturated heterocycles. The molecule has 8 aromatic rings. The summed E-state index contributed by atoms with van der Waals surface area (Å²) >= 11 is 0. The first-order chi connectivity index (χ1) is 46.8. The molecule has 0 bridgehead atoms. The number of amides is 2. The summed E-state index contributed by atoms with van der Waals surface area (Å²) in [5.74, 6) is 0. The van der Waals surface area contributed by atoms with Gasteiger partial charge in [-0.2, -0.15) is 0 Å². The second kappa shape index (κ2) is 45.3. The van der Waals surface area contributed by atoms with Crippen LogP contribution in [0.4, 0.5) is 9.59 Å². The molecule has 14 heteroatoms. The Labute approximate surface area is 598 Å². The van der Waals surface area contributed by atoms with Crippen LogP contribution in [0.3, 0.4) is 0 Å². The van der Waals surface area contributed by atoms with Crippen LogP contribution in [0.5, 0.6) is 0 Å². The number of nitrogens with zero attached hydrogens (tertiary/aromatic N) is 4. The van der Waals surface area contributed by atoms with Crippen LogP contribution >= 0.6 is 0 Å². The van der Waals surface area contributed by atoms with Gasteiger partial charge >= 0.3 is 12.2 Å². The number of ether oxygens (including phenoxy) is 2. The lowest BCUT2D eigenvalue weighted by atomic mass is 9.99. The van der Waals surface area contributed by atoms with Crippen molar-refractivity contribution in [2.45, 2.75) is 226 Å². The maximum Gasteiger partial charge on any atom is 0.407 e. The van der Waals surface area contributed by atoms with E-state index in [2.05, 4.69) is 258 Å². The van der Waals surface area contributed by atoms with Gasteiger partial charge < -0.3 is 51.2 Å². The van der Waals surface area contributed by atoms with Crippen molar-refractivity contribution in [3.8, 4) is 0 Å². The quantitative estimate of drug-likeness (QED) is 0.0238. The van der Waals surface area contributed by atoms with E-state index in [0.717, 1.165) is 83.7 Å². The molecule has 0 saturated carbocycles. The Kier molecular flexibility index (Phi) is 38.3. The van der Waals surface area contributed by atoms with Crippen molar-refractivity contribution in [2.24, 2.45) is 0 Å². The van der Waals surface area contributed by atoms with Gasteiger partial charge in [0.15, 0.2) is 0 Å². The molecule has 4 unspecified atom stereocenters. The maximum absolute atomic E-state index is 11.9. The highest BCUT2D eigenvalue weighted by Gasteiger charge is 2.23. The predicted octanol–water partition coefficient (Wildman–Crippen LogP) is 17.0. The zero-order chi connectivity index (χ0) is 71.3. The fourth-order valence-electron chi connectivity index (χ4n) is 11.9.